The number of nitrogens with one attached hydrogen (secondary N) is 1. The minimum atomic E-state index is -1.05. The van der Waals surface area contributed by atoms with Gasteiger partial charge in [-0.05, 0) is 62.2 Å². The van der Waals surface area contributed by atoms with Crippen molar-refractivity contribution in [2.24, 2.45) is 23.7 Å². The number of likely N-dealkylation sites (tertiary alicyclic amines) is 1. The van der Waals surface area contributed by atoms with Crippen LogP contribution in [-0.4, -0.2) is 80.3 Å². The number of carbonyl (C=O) groups is 4. The average Bonchev–Trinajstić information content (AvgIpc) is 3.66. The molecule has 2 heterocycles. The number of aliphatic hydroxyl groups is 1. The smallest absolute Gasteiger partial charge is 0.306 e. The number of amides is 2. The normalized spacial score (nSPS) is 18.3. The topological polar surface area (TPSA) is 140 Å². The predicted octanol–water partition coefficient (Wildman–Crippen LogP) is 7.18. The maximum Gasteiger partial charge on any atom is 0.306 e. The monoisotopic (exact) mass is 760 g/mol. The lowest BCUT2D eigenvalue weighted by Crippen LogP contribution is -2.49. The van der Waals surface area contributed by atoms with Crippen LogP contribution >= 0.6 is 11.3 Å². The summed E-state index contributed by atoms with van der Waals surface area (Å²) in [6, 6.07) is 18.4. The van der Waals surface area contributed by atoms with Gasteiger partial charge in [-0.1, -0.05) is 108 Å². The molecule has 1 fully saturated rings. The highest BCUT2D eigenvalue weighted by Gasteiger charge is 2.38. The number of hydrogen-bond donors (Lipinski definition) is 3. The molecule has 294 valence electrons. The van der Waals surface area contributed by atoms with Gasteiger partial charge in [-0.2, -0.15) is 0 Å². The van der Waals surface area contributed by atoms with Crippen molar-refractivity contribution in [3.8, 4) is 0 Å². The first-order valence-electron chi connectivity index (χ1n) is 19.6. The number of nitrogens with zero attached hydrogens (tertiary/aromatic N) is 3. The van der Waals surface area contributed by atoms with E-state index in [0.717, 1.165) is 43.4 Å². The molecule has 1 aliphatic rings. The fraction of sp³-hybridized carbons (Fsp3) is 0.558. The van der Waals surface area contributed by atoms with Gasteiger partial charge in [-0.15, -0.1) is 11.3 Å². The Bertz CT molecular complexity index is 1650. The molecule has 1 saturated heterocycles. The number of likely N-dealkylation sites (N-methyl/N-ethyl adjacent to an activating group) is 1. The van der Waals surface area contributed by atoms with Gasteiger partial charge in [0.05, 0.1) is 12.0 Å². The Labute approximate surface area is 325 Å². The number of aromatic nitrogens is 1. The van der Waals surface area contributed by atoms with Crippen molar-refractivity contribution in [2.45, 2.75) is 117 Å². The van der Waals surface area contributed by atoms with E-state index in [1.807, 2.05) is 86.5 Å². The number of Topliss-reactive ketones (excluding diaryl/α,β-unsaturated/α-hetero) is 1. The number of carboxylic acids is 1. The second kappa shape index (κ2) is 20.7. The van der Waals surface area contributed by atoms with Gasteiger partial charge in [-0.3, -0.25) is 24.1 Å². The number of hydrogen-bond acceptors (Lipinski definition) is 8. The average molecular weight is 761 g/mol. The molecule has 2 aromatic carbocycles. The van der Waals surface area contributed by atoms with Crippen LogP contribution in [0.3, 0.4) is 0 Å². The fourth-order valence-electron chi connectivity index (χ4n) is 7.52. The van der Waals surface area contributed by atoms with Crippen LogP contribution in [0.4, 0.5) is 0 Å². The second-order valence-corrected chi connectivity index (χ2v) is 16.5. The lowest BCUT2D eigenvalue weighted by Gasteiger charge is -2.39. The first-order valence-corrected chi connectivity index (χ1v) is 20.4. The summed E-state index contributed by atoms with van der Waals surface area (Å²) in [4.78, 5) is 62.3. The summed E-state index contributed by atoms with van der Waals surface area (Å²) in [7, 11) is 2.00. The Hall–Kier alpha value is -3.93. The summed E-state index contributed by atoms with van der Waals surface area (Å²) < 4.78 is 0. The molecule has 3 aromatic rings. The molecule has 7 unspecified atom stereocenters. The van der Waals surface area contributed by atoms with Gasteiger partial charge >= 0.3 is 5.97 Å². The lowest BCUT2D eigenvalue weighted by molar-refractivity contribution is -0.145. The molecular weight excluding hydrogens is 701 g/mol. The van der Waals surface area contributed by atoms with Gasteiger partial charge in [0.15, 0.2) is 5.78 Å². The van der Waals surface area contributed by atoms with Gasteiger partial charge in [0.2, 0.25) is 5.91 Å². The molecule has 11 heteroatoms. The van der Waals surface area contributed by atoms with E-state index >= 15 is 0 Å². The number of aliphatic carboxylic acids is 1. The zero-order chi connectivity index (χ0) is 39.4. The number of benzene rings is 2. The highest BCUT2D eigenvalue weighted by Crippen LogP contribution is 2.33. The van der Waals surface area contributed by atoms with E-state index in [-0.39, 0.29) is 60.6 Å². The molecule has 10 nitrogen and oxygen atoms in total. The zero-order valence-electron chi connectivity index (χ0n) is 32.8. The standard InChI is InChI=1S/C43H60N4O6S/c1-7-29(4)34(24-38(48)36-20-14-15-21-46(36)6)42(51)47(26-32-18-12-9-13-19-32)37(28(2)3)25-39(49)41-45-35(27-54-41)40(50)44-33(22-30(5)43(52)53)23-31-16-10-8-11-17-31/h8-13,16-19,27-30,33-34,36-37,39,49H,7,14-15,20-26H2,1-6H3,(H,44,50)(H,52,53). The summed E-state index contributed by atoms with van der Waals surface area (Å²) >= 11 is 1.18. The molecule has 0 aliphatic carbocycles. The van der Waals surface area contributed by atoms with Crippen LogP contribution in [0.5, 0.6) is 0 Å². The lowest BCUT2D eigenvalue weighted by atomic mass is 9.82. The second-order valence-electron chi connectivity index (χ2n) is 15.6. The van der Waals surface area contributed by atoms with Crippen LogP contribution in [0.25, 0.3) is 0 Å². The Morgan fingerprint density at radius 1 is 0.963 bits per heavy atom. The summed E-state index contributed by atoms with van der Waals surface area (Å²) in [5.41, 5.74) is 2.09. The van der Waals surface area contributed by atoms with E-state index in [2.05, 4.69) is 29.0 Å². The summed E-state index contributed by atoms with van der Waals surface area (Å²) in [6.45, 7) is 11.0. The molecular formula is C43H60N4O6S. The van der Waals surface area contributed by atoms with Gasteiger partial charge in [0.25, 0.3) is 5.91 Å². The molecule has 1 aromatic heterocycles. The number of ketones is 1. The Morgan fingerprint density at radius 3 is 2.20 bits per heavy atom. The highest BCUT2D eigenvalue weighted by molar-refractivity contribution is 7.09. The van der Waals surface area contributed by atoms with Crippen LogP contribution in [0.15, 0.2) is 66.0 Å². The third-order valence-electron chi connectivity index (χ3n) is 11.1. The molecule has 0 spiro atoms. The van der Waals surface area contributed by atoms with Crippen molar-refractivity contribution in [3.63, 3.8) is 0 Å². The van der Waals surface area contributed by atoms with Crippen LogP contribution in [0.2, 0.25) is 0 Å². The third-order valence-corrected chi connectivity index (χ3v) is 12.0. The maximum atomic E-state index is 14.8. The van der Waals surface area contributed by atoms with Crippen molar-refractivity contribution < 1.29 is 29.4 Å². The fourth-order valence-corrected chi connectivity index (χ4v) is 8.31. The Balaban J connectivity index is 1.56. The van der Waals surface area contributed by atoms with Gasteiger partial charge in [0.1, 0.15) is 16.8 Å². The first-order chi connectivity index (χ1) is 25.8. The molecule has 2 amide bonds. The van der Waals surface area contributed by atoms with Crippen molar-refractivity contribution >= 4 is 34.9 Å². The number of carbonyl (C=O) groups excluding carboxylic acids is 3. The SMILES string of the molecule is CCC(C)C(CC(=O)C1CCCCN1C)C(=O)N(Cc1ccccc1)C(CC(O)c1nc(C(=O)NC(Cc2ccccc2)CC(C)C(=O)O)cs1)C(C)C. The van der Waals surface area contributed by atoms with E-state index in [1.54, 1.807) is 12.3 Å². The van der Waals surface area contributed by atoms with E-state index in [1.165, 1.54) is 11.3 Å². The van der Waals surface area contributed by atoms with Crippen LogP contribution < -0.4 is 5.32 Å². The maximum absolute atomic E-state index is 14.8. The van der Waals surface area contributed by atoms with Gasteiger partial charge < -0.3 is 20.4 Å². The first kappa shape index (κ1) is 42.8. The molecule has 1 aliphatic heterocycles. The van der Waals surface area contributed by atoms with E-state index in [9.17, 15) is 29.4 Å². The summed E-state index contributed by atoms with van der Waals surface area (Å²) in [6.07, 6.45) is 3.69. The predicted molar refractivity (Wildman–Crippen MR) is 213 cm³/mol. The molecule has 0 saturated carbocycles. The van der Waals surface area contributed by atoms with Gasteiger partial charge in [0, 0.05) is 42.8 Å². The van der Waals surface area contributed by atoms with Crippen molar-refractivity contribution in [1.29, 1.82) is 0 Å². The molecule has 54 heavy (non-hydrogen) atoms. The number of thiazole rings is 1. The molecule has 0 bridgehead atoms. The largest absolute Gasteiger partial charge is 0.481 e. The minimum absolute atomic E-state index is 0.0180. The number of carboxylic acid groups (broad SMARTS) is 1. The zero-order valence-corrected chi connectivity index (χ0v) is 33.6. The van der Waals surface area contributed by atoms with Crippen molar-refractivity contribution in [1.82, 2.24) is 20.1 Å². The Kier molecular flexibility index (Phi) is 16.4. The molecule has 4 rings (SSSR count). The molecule has 0 radical (unpaired) electrons. The van der Waals surface area contributed by atoms with Gasteiger partial charge in [-0.25, -0.2) is 4.98 Å². The number of rotatable bonds is 20. The highest BCUT2D eigenvalue weighted by atomic mass is 32.1. The van der Waals surface area contributed by atoms with Crippen LogP contribution in [0, 0.1) is 23.7 Å². The number of aliphatic hydroxyl groups excluding tert-OH is 1. The molecule has 3 N–H and O–H groups in total. The minimum Gasteiger partial charge on any atom is -0.481 e. The van der Waals surface area contributed by atoms with Crippen molar-refractivity contribution in [3.05, 3.63) is 87.9 Å². The third kappa shape index (κ3) is 12.0. The van der Waals surface area contributed by atoms with E-state index in [4.69, 9.17) is 0 Å². The van der Waals surface area contributed by atoms with Crippen molar-refractivity contribution in [2.75, 3.05) is 13.6 Å². The Morgan fingerprint density at radius 2 is 1.61 bits per heavy atom. The molecule has 7 atom stereocenters. The quantitative estimate of drug-likeness (QED) is 0.110. The van der Waals surface area contributed by atoms with E-state index in [0.29, 0.717) is 18.0 Å². The summed E-state index contributed by atoms with van der Waals surface area (Å²) in [5.74, 6) is -2.54. The van der Waals surface area contributed by atoms with Crippen LogP contribution in [0.1, 0.15) is 112 Å². The van der Waals surface area contributed by atoms with Crippen LogP contribution in [-0.2, 0) is 27.3 Å². The van der Waals surface area contributed by atoms with E-state index < -0.39 is 35.9 Å². The number of piperidine rings is 1. The summed E-state index contributed by atoms with van der Waals surface area (Å²) in [5, 5.41) is 26.2.